The SMILES string of the molecule is CC1(C)CN(C#N)[C@@H](C(=O)N(c2ccc(C(C)(C)C)cc2)C(C(=O)NC2CCOCC2)c2cccnc2)CO1. The Morgan fingerprint density at radius 2 is 1.87 bits per heavy atom. The Labute approximate surface area is 231 Å². The minimum Gasteiger partial charge on any atom is -0.381 e. The summed E-state index contributed by atoms with van der Waals surface area (Å²) >= 11 is 0. The number of carbonyl (C=O) groups excluding carboxylic acids is 2. The number of morpholine rings is 1. The van der Waals surface area contributed by atoms with Crippen molar-refractivity contribution in [2.24, 2.45) is 0 Å². The molecule has 0 spiro atoms. The highest BCUT2D eigenvalue weighted by Crippen LogP contribution is 2.33. The predicted molar refractivity (Wildman–Crippen MR) is 148 cm³/mol. The van der Waals surface area contributed by atoms with Crippen LogP contribution in [0.2, 0.25) is 0 Å². The molecule has 0 aliphatic carbocycles. The molecule has 208 valence electrons. The summed E-state index contributed by atoms with van der Waals surface area (Å²) in [6.45, 7) is 11.6. The first kappa shape index (κ1) is 28.5. The topological polar surface area (TPSA) is 108 Å². The number of hydrogen-bond acceptors (Lipinski definition) is 7. The highest BCUT2D eigenvalue weighted by molar-refractivity contribution is 6.04. The normalized spacial score (nSPS) is 20.5. The van der Waals surface area contributed by atoms with Gasteiger partial charge in [-0.3, -0.25) is 24.4 Å². The maximum atomic E-state index is 14.4. The first-order valence-electron chi connectivity index (χ1n) is 13.5. The second-order valence-electron chi connectivity index (χ2n) is 11.9. The molecule has 2 saturated heterocycles. The van der Waals surface area contributed by atoms with Gasteiger partial charge < -0.3 is 14.8 Å². The minimum absolute atomic E-state index is 0.0390. The molecule has 1 unspecified atom stereocenters. The van der Waals surface area contributed by atoms with Crippen molar-refractivity contribution in [1.82, 2.24) is 15.2 Å². The third kappa shape index (κ3) is 6.75. The molecule has 39 heavy (non-hydrogen) atoms. The zero-order valence-electron chi connectivity index (χ0n) is 23.5. The van der Waals surface area contributed by atoms with Crippen molar-refractivity contribution in [2.45, 2.75) is 76.6 Å². The van der Waals surface area contributed by atoms with E-state index in [1.165, 1.54) is 9.80 Å². The number of pyridine rings is 1. The highest BCUT2D eigenvalue weighted by atomic mass is 16.5. The number of nitriles is 1. The molecule has 9 heteroatoms. The van der Waals surface area contributed by atoms with E-state index in [1.807, 2.05) is 38.1 Å². The van der Waals surface area contributed by atoms with Crippen LogP contribution >= 0.6 is 0 Å². The van der Waals surface area contributed by atoms with Crippen molar-refractivity contribution in [1.29, 1.82) is 5.26 Å². The molecule has 9 nitrogen and oxygen atoms in total. The van der Waals surface area contributed by atoms with Gasteiger partial charge in [-0.15, -0.1) is 0 Å². The lowest BCUT2D eigenvalue weighted by atomic mass is 9.87. The van der Waals surface area contributed by atoms with Crippen molar-refractivity contribution in [2.75, 3.05) is 31.3 Å². The summed E-state index contributed by atoms with van der Waals surface area (Å²) in [5.41, 5.74) is 1.58. The van der Waals surface area contributed by atoms with Crippen LogP contribution in [0, 0.1) is 11.5 Å². The molecule has 0 bridgehead atoms. The Bertz CT molecular complexity index is 1180. The van der Waals surface area contributed by atoms with Gasteiger partial charge in [-0.1, -0.05) is 39.0 Å². The fourth-order valence-corrected chi connectivity index (χ4v) is 5.03. The molecule has 2 aromatic rings. The number of nitrogens with one attached hydrogen (secondary N) is 1. The smallest absolute Gasteiger partial charge is 0.253 e. The molecular weight excluding hydrogens is 494 g/mol. The number of nitrogens with zero attached hydrogens (tertiary/aromatic N) is 4. The van der Waals surface area contributed by atoms with Crippen LogP contribution in [-0.2, 0) is 24.5 Å². The van der Waals surface area contributed by atoms with Crippen molar-refractivity contribution >= 4 is 17.5 Å². The van der Waals surface area contributed by atoms with E-state index in [9.17, 15) is 14.9 Å². The molecule has 0 radical (unpaired) electrons. The number of rotatable bonds is 6. The molecule has 1 aromatic heterocycles. The summed E-state index contributed by atoms with van der Waals surface area (Å²) in [4.78, 5) is 35.6. The van der Waals surface area contributed by atoms with Crippen LogP contribution in [-0.4, -0.2) is 65.7 Å². The Morgan fingerprint density at radius 1 is 1.18 bits per heavy atom. The van der Waals surface area contributed by atoms with E-state index in [4.69, 9.17) is 9.47 Å². The molecule has 2 aliphatic heterocycles. The van der Waals surface area contributed by atoms with Gasteiger partial charge in [-0.05, 0) is 55.9 Å². The van der Waals surface area contributed by atoms with Gasteiger partial charge in [0.25, 0.3) is 5.91 Å². The second kappa shape index (κ2) is 11.7. The van der Waals surface area contributed by atoms with Crippen LogP contribution in [0.15, 0.2) is 48.8 Å². The van der Waals surface area contributed by atoms with E-state index < -0.39 is 17.7 Å². The van der Waals surface area contributed by atoms with E-state index in [0.717, 1.165) is 5.56 Å². The van der Waals surface area contributed by atoms with Crippen LogP contribution in [0.1, 0.15) is 64.6 Å². The van der Waals surface area contributed by atoms with Gasteiger partial charge >= 0.3 is 0 Å². The fraction of sp³-hybridized carbons (Fsp3) is 0.533. The summed E-state index contributed by atoms with van der Waals surface area (Å²) in [5, 5.41) is 13.1. The lowest BCUT2D eigenvalue weighted by Crippen LogP contribution is -2.60. The first-order chi connectivity index (χ1) is 18.5. The van der Waals surface area contributed by atoms with Crippen LogP contribution < -0.4 is 10.2 Å². The number of carbonyl (C=O) groups is 2. The van der Waals surface area contributed by atoms with Gasteiger partial charge in [-0.25, -0.2) is 0 Å². The van der Waals surface area contributed by atoms with Gasteiger partial charge in [0.1, 0.15) is 12.1 Å². The Hall–Kier alpha value is -3.48. The van der Waals surface area contributed by atoms with E-state index in [0.29, 0.717) is 37.3 Å². The van der Waals surface area contributed by atoms with Crippen LogP contribution in [0.25, 0.3) is 0 Å². The zero-order chi connectivity index (χ0) is 28.2. The van der Waals surface area contributed by atoms with E-state index in [-0.39, 0.29) is 36.4 Å². The monoisotopic (exact) mass is 533 g/mol. The van der Waals surface area contributed by atoms with Crippen LogP contribution in [0.4, 0.5) is 5.69 Å². The zero-order valence-corrected chi connectivity index (χ0v) is 23.5. The lowest BCUT2D eigenvalue weighted by Gasteiger charge is -2.43. The summed E-state index contributed by atoms with van der Waals surface area (Å²) in [6.07, 6.45) is 6.83. The number of anilines is 1. The number of aromatic nitrogens is 1. The first-order valence-corrected chi connectivity index (χ1v) is 13.5. The van der Waals surface area contributed by atoms with E-state index in [2.05, 4.69) is 37.3 Å². The van der Waals surface area contributed by atoms with Crippen LogP contribution in [0.5, 0.6) is 0 Å². The van der Waals surface area contributed by atoms with Gasteiger partial charge in [0.05, 0.1) is 18.8 Å². The molecule has 1 aromatic carbocycles. The van der Waals surface area contributed by atoms with Gasteiger partial charge in [0, 0.05) is 42.9 Å². The molecule has 2 fully saturated rings. The molecular formula is C30H39N5O4. The second-order valence-corrected chi connectivity index (χ2v) is 11.9. The molecule has 3 heterocycles. The maximum Gasteiger partial charge on any atom is 0.253 e. The molecule has 0 saturated carbocycles. The van der Waals surface area contributed by atoms with Crippen molar-refractivity contribution in [3.8, 4) is 6.19 Å². The maximum absolute atomic E-state index is 14.4. The quantitative estimate of drug-likeness (QED) is 0.564. The van der Waals surface area contributed by atoms with Crippen molar-refractivity contribution < 1.29 is 19.1 Å². The predicted octanol–water partition coefficient (Wildman–Crippen LogP) is 3.71. The highest BCUT2D eigenvalue weighted by Gasteiger charge is 2.43. The Morgan fingerprint density at radius 3 is 2.46 bits per heavy atom. The van der Waals surface area contributed by atoms with Gasteiger partial charge in [0.2, 0.25) is 5.91 Å². The number of amides is 2. The number of hydrogen-bond donors (Lipinski definition) is 1. The summed E-state index contributed by atoms with van der Waals surface area (Å²) in [6, 6.07) is 9.33. The summed E-state index contributed by atoms with van der Waals surface area (Å²) < 4.78 is 11.4. The third-order valence-corrected chi connectivity index (χ3v) is 7.30. The molecule has 2 atom stereocenters. The fourth-order valence-electron chi connectivity index (χ4n) is 5.03. The Kier molecular flexibility index (Phi) is 8.57. The lowest BCUT2D eigenvalue weighted by molar-refractivity contribution is -0.141. The molecule has 2 aliphatic rings. The molecule has 2 amide bonds. The van der Waals surface area contributed by atoms with Gasteiger partial charge in [-0.2, -0.15) is 5.26 Å². The average Bonchev–Trinajstić information content (AvgIpc) is 2.91. The Balaban J connectivity index is 1.78. The van der Waals surface area contributed by atoms with E-state index >= 15 is 0 Å². The molecule has 1 N–H and O–H groups in total. The minimum atomic E-state index is -0.995. The van der Waals surface area contributed by atoms with E-state index in [1.54, 1.807) is 24.5 Å². The summed E-state index contributed by atoms with van der Waals surface area (Å²) in [7, 11) is 0. The molecule has 4 rings (SSSR count). The standard InChI is InChI=1S/C30H39N5O4/c1-29(2,3)22-8-10-24(11-9-22)35(28(37)25-18-39-30(4,5)19-34(25)20-31)26(21-7-6-14-32-17-21)27(36)33-23-12-15-38-16-13-23/h6-11,14,17,23,25-26H,12-13,15-16,18-19H2,1-5H3,(H,33,36)/t25-,26?/m1/s1. The third-order valence-electron chi connectivity index (χ3n) is 7.30. The number of benzene rings is 1. The van der Waals surface area contributed by atoms with Crippen molar-refractivity contribution in [3.63, 3.8) is 0 Å². The van der Waals surface area contributed by atoms with Crippen LogP contribution in [0.3, 0.4) is 0 Å². The van der Waals surface area contributed by atoms with Gasteiger partial charge in [0.15, 0.2) is 6.19 Å². The number of ether oxygens (including phenoxy) is 2. The largest absolute Gasteiger partial charge is 0.381 e. The van der Waals surface area contributed by atoms with Crippen molar-refractivity contribution in [3.05, 3.63) is 59.9 Å². The average molecular weight is 534 g/mol. The summed E-state index contributed by atoms with van der Waals surface area (Å²) in [5.74, 6) is -0.685.